The Bertz CT molecular complexity index is 2460. The van der Waals surface area contributed by atoms with Gasteiger partial charge in [-0.25, -0.2) is 4.79 Å². The summed E-state index contributed by atoms with van der Waals surface area (Å²) in [4.78, 5) is 125. The lowest BCUT2D eigenvalue weighted by molar-refractivity contribution is -0.137. The number of carbonyl (C=O) groups is 9. The summed E-state index contributed by atoms with van der Waals surface area (Å²) in [5.41, 5.74) is 2.60. The fourth-order valence-corrected chi connectivity index (χ4v) is 11.1. The molecule has 0 aromatic heterocycles. The summed E-state index contributed by atoms with van der Waals surface area (Å²) in [6.07, 6.45) is 4.71. The summed E-state index contributed by atoms with van der Waals surface area (Å²) in [5.74, 6) is -2.52. The molecular formula is C51H66N10O10. The van der Waals surface area contributed by atoms with Gasteiger partial charge in [0.05, 0.1) is 22.3 Å². The highest BCUT2D eigenvalue weighted by molar-refractivity contribution is 6.24. The Morgan fingerprint density at radius 2 is 0.944 bits per heavy atom. The highest BCUT2D eigenvalue weighted by Crippen LogP contribution is 2.33. The number of imide groups is 4. The molecule has 3 N–H and O–H groups in total. The van der Waals surface area contributed by atoms with E-state index in [4.69, 9.17) is 4.74 Å². The Morgan fingerprint density at radius 3 is 1.35 bits per heavy atom. The van der Waals surface area contributed by atoms with Crippen molar-refractivity contribution in [2.75, 3.05) is 101 Å². The van der Waals surface area contributed by atoms with Gasteiger partial charge in [0.2, 0.25) is 23.6 Å². The highest BCUT2D eigenvalue weighted by Gasteiger charge is 2.46. The largest absolute Gasteiger partial charge is 0.444 e. The maximum atomic E-state index is 13.2. The van der Waals surface area contributed by atoms with Gasteiger partial charge in [0, 0.05) is 103 Å². The Balaban J connectivity index is 0.000000179. The molecular weight excluding hydrogens is 913 g/mol. The minimum absolute atomic E-state index is 0.0994. The normalized spacial score (nSPS) is 24.2. The van der Waals surface area contributed by atoms with Crippen molar-refractivity contribution in [2.45, 2.75) is 89.8 Å². The third-order valence-corrected chi connectivity index (χ3v) is 15.1. The van der Waals surface area contributed by atoms with Gasteiger partial charge in [0.15, 0.2) is 0 Å². The van der Waals surface area contributed by atoms with E-state index in [0.717, 1.165) is 132 Å². The maximum Gasteiger partial charge on any atom is 0.410 e. The third-order valence-electron chi connectivity index (χ3n) is 15.1. The molecule has 0 aliphatic carbocycles. The molecule has 380 valence electrons. The van der Waals surface area contributed by atoms with Crippen molar-refractivity contribution >= 4 is 64.7 Å². The minimum Gasteiger partial charge on any atom is -0.444 e. The van der Waals surface area contributed by atoms with Crippen LogP contribution in [0.1, 0.15) is 114 Å². The molecule has 0 radical (unpaired) electrons. The van der Waals surface area contributed by atoms with E-state index >= 15 is 0 Å². The molecule has 0 saturated carbocycles. The zero-order valence-corrected chi connectivity index (χ0v) is 41.0. The van der Waals surface area contributed by atoms with Crippen molar-refractivity contribution in [1.82, 2.24) is 40.4 Å². The predicted molar refractivity (Wildman–Crippen MR) is 260 cm³/mol. The molecule has 10 rings (SSSR count). The van der Waals surface area contributed by atoms with Gasteiger partial charge in [-0.1, -0.05) is 0 Å². The number of piperazine rings is 2. The molecule has 8 aliphatic rings. The fraction of sp³-hybridized carbons (Fsp3) is 0.588. The summed E-state index contributed by atoms with van der Waals surface area (Å²) in [7, 11) is 0. The van der Waals surface area contributed by atoms with E-state index in [1.165, 1.54) is 12.8 Å². The van der Waals surface area contributed by atoms with Crippen molar-refractivity contribution in [3.05, 3.63) is 58.7 Å². The number of hydrogen-bond donors (Lipinski definition) is 3. The first-order valence-electron chi connectivity index (χ1n) is 25.4. The van der Waals surface area contributed by atoms with E-state index in [1.54, 1.807) is 29.2 Å². The molecule has 0 bridgehead atoms. The maximum absolute atomic E-state index is 13.2. The lowest BCUT2D eigenvalue weighted by Crippen LogP contribution is -2.54. The van der Waals surface area contributed by atoms with Gasteiger partial charge < -0.3 is 24.8 Å². The van der Waals surface area contributed by atoms with Crippen LogP contribution in [0.3, 0.4) is 0 Å². The summed E-state index contributed by atoms with van der Waals surface area (Å²) in [6, 6.07) is 8.76. The molecule has 20 heteroatoms. The minimum atomic E-state index is -0.960. The van der Waals surface area contributed by atoms with Crippen molar-refractivity contribution < 1.29 is 47.9 Å². The Kier molecular flexibility index (Phi) is 14.6. The smallest absolute Gasteiger partial charge is 0.410 e. The van der Waals surface area contributed by atoms with Crippen LogP contribution in [0, 0.1) is 11.8 Å². The number of nitrogens with one attached hydrogen (secondary N) is 3. The van der Waals surface area contributed by atoms with Gasteiger partial charge in [-0.3, -0.25) is 68.6 Å². The number of hydrogen-bond acceptors (Lipinski definition) is 15. The van der Waals surface area contributed by atoms with Gasteiger partial charge in [-0.15, -0.1) is 0 Å². The number of fused-ring (bicyclic) bond motifs is 2. The van der Waals surface area contributed by atoms with E-state index in [1.807, 2.05) is 32.9 Å². The second kappa shape index (κ2) is 20.8. The van der Waals surface area contributed by atoms with Crippen molar-refractivity contribution in [3.8, 4) is 0 Å². The van der Waals surface area contributed by atoms with Crippen LogP contribution in [0.15, 0.2) is 36.4 Å². The van der Waals surface area contributed by atoms with Gasteiger partial charge in [-0.2, -0.15) is 0 Å². The quantitative estimate of drug-likeness (QED) is 0.323. The SMILES string of the molecule is CC(C)(C)OC(=O)N1CCC(CN2CCN(c3ccc4c(c3)C(=O)N(C3CCC(=O)NC3=O)C4=O)CC2)CC1.O=C1CCC(N2C(=O)c3ccc(N4CCN(CC5CCNCC5)CC4)cc3C2=O)C(=O)N1. The molecule has 8 aliphatic heterocycles. The second-order valence-corrected chi connectivity index (χ2v) is 21.0. The number of benzene rings is 2. The number of ether oxygens (including phenoxy) is 1. The van der Waals surface area contributed by atoms with E-state index in [2.05, 4.69) is 35.6 Å². The van der Waals surface area contributed by atoms with Gasteiger partial charge in [0.1, 0.15) is 17.7 Å². The van der Waals surface area contributed by atoms with E-state index in [0.29, 0.717) is 28.2 Å². The summed E-state index contributed by atoms with van der Waals surface area (Å²) in [6.45, 7) is 18.5. The average molecular weight is 979 g/mol. The second-order valence-electron chi connectivity index (χ2n) is 21.0. The molecule has 2 atom stereocenters. The molecule has 2 aromatic rings. The van der Waals surface area contributed by atoms with Crippen molar-refractivity contribution in [2.24, 2.45) is 11.8 Å². The third kappa shape index (κ3) is 11.0. The average Bonchev–Trinajstić information content (AvgIpc) is 3.74. The van der Waals surface area contributed by atoms with Crippen LogP contribution in [0.25, 0.3) is 0 Å². The Labute approximate surface area is 413 Å². The monoisotopic (exact) mass is 978 g/mol. The Morgan fingerprint density at radius 1 is 0.535 bits per heavy atom. The van der Waals surface area contributed by atoms with Crippen LogP contribution in [-0.2, 0) is 23.9 Å². The predicted octanol–water partition coefficient (Wildman–Crippen LogP) is 2.07. The van der Waals surface area contributed by atoms with Crippen molar-refractivity contribution in [3.63, 3.8) is 0 Å². The van der Waals surface area contributed by atoms with Gasteiger partial charge in [-0.05, 0) is 121 Å². The van der Waals surface area contributed by atoms with E-state index in [9.17, 15) is 43.2 Å². The lowest BCUT2D eigenvalue weighted by atomic mass is 9.96. The molecule has 20 nitrogen and oxygen atoms in total. The first kappa shape index (κ1) is 49.7. The van der Waals surface area contributed by atoms with E-state index < -0.39 is 53.1 Å². The molecule has 2 aromatic carbocycles. The van der Waals surface area contributed by atoms with Gasteiger partial charge in [0.25, 0.3) is 23.6 Å². The fourth-order valence-electron chi connectivity index (χ4n) is 11.1. The number of carbonyl (C=O) groups excluding carboxylic acids is 9. The zero-order chi connectivity index (χ0) is 50.1. The molecule has 2 unspecified atom stereocenters. The topological polar surface area (TPSA) is 222 Å². The number of rotatable bonds is 8. The number of amides is 9. The number of anilines is 2. The number of nitrogens with zero attached hydrogens (tertiary/aromatic N) is 7. The summed E-state index contributed by atoms with van der Waals surface area (Å²) in [5, 5.41) is 7.87. The first-order valence-corrected chi connectivity index (χ1v) is 25.4. The summed E-state index contributed by atoms with van der Waals surface area (Å²) < 4.78 is 5.50. The van der Waals surface area contributed by atoms with E-state index in [-0.39, 0.29) is 43.6 Å². The molecule has 8 heterocycles. The molecule has 6 saturated heterocycles. The van der Waals surface area contributed by atoms with Gasteiger partial charge >= 0.3 is 6.09 Å². The van der Waals surface area contributed by atoms with Crippen LogP contribution in [0.2, 0.25) is 0 Å². The molecule has 0 spiro atoms. The van der Waals surface area contributed by atoms with Crippen LogP contribution in [0.5, 0.6) is 0 Å². The van der Waals surface area contributed by atoms with Crippen LogP contribution in [0.4, 0.5) is 16.2 Å². The number of likely N-dealkylation sites (tertiary alicyclic amines) is 1. The number of piperidine rings is 4. The van der Waals surface area contributed by atoms with Crippen molar-refractivity contribution in [1.29, 1.82) is 0 Å². The highest BCUT2D eigenvalue weighted by atomic mass is 16.6. The molecule has 6 fully saturated rings. The van der Waals surface area contributed by atoms with Crippen LogP contribution < -0.4 is 25.8 Å². The first-order chi connectivity index (χ1) is 34.0. The molecule has 71 heavy (non-hydrogen) atoms. The zero-order valence-electron chi connectivity index (χ0n) is 41.0. The van der Waals surface area contributed by atoms with Crippen LogP contribution in [-0.4, -0.2) is 187 Å². The standard InChI is InChI=1S/C28H37N5O6.C23H29N5O4/c1-28(2,3)39-27(38)32-10-8-18(9-11-32)17-30-12-14-31(15-13-30)19-4-5-20-21(16-19)26(37)33(25(20)36)22-6-7-23(34)29-24(22)35;29-20-4-3-19(21(30)25-20)28-22(31)17-2-1-16(13-18(17)23(28)32)27-11-9-26(10-12-27)14-15-5-7-24-8-6-15/h4-5,16,18,22H,6-15,17H2,1-3H3,(H,29,34,35);1-2,13,15,19,24H,3-12,14H2,(H,25,29,30). The summed E-state index contributed by atoms with van der Waals surface area (Å²) >= 11 is 0. The molecule has 9 amide bonds. The van der Waals surface area contributed by atoms with Crippen LogP contribution >= 0.6 is 0 Å². The Hall–Kier alpha value is -6.25. The lowest BCUT2D eigenvalue weighted by Gasteiger charge is -2.39.